The fourth-order valence-electron chi connectivity index (χ4n) is 3.24. The molecule has 28 heavy (non-hydrogen) atoms. The van der Waals surface area contributed by atoms with Gasteiger partial charge in [0.25, 0.3) is 5.91 Å². The van der Waals surface area contributed by atoms with E-state index in [9.17, 15) is 14.9 Å². The number of pyridine rings is 1. The molecule has 2 aromatic rings. The highest BCUT2D eigenvalue weighted by molar-refractivity contribution is 5.94. The van der Waals surface area contributed by atoms with Gasteiger partial charge in [0.2, 0.25) is 5.91 Å². The largest absolute Gasteiger partial charge is 0.352 e. The van der Waals surface area contributed by atoms with Crippen LogP contribution in [-0.4, -0.2) is 53.9 Å². The SMILES string of the molecule is CC(CC(=O)N1CCN(c2ncccc2C#N)CC1)NC(=O)c1ccccc1. The lowest BCUT2D eigenvalue weighted by atomic mass is 10.1. The van der Waals surface area contributed by atoms with Crippen LogP contribution in [-0.2, 0) is 4.79 Å². The number of anilines is 1. The number of hydrogen-bond acceptors (Lipinski definition) is 5. The zero-order chi connectivity index (χ0) is 19.9. The van der Waals surface area contributed by atoms with Gasteiger partial charge in [-0.1, -0.05) is 18.2 Å². The first-order valence-electron chi connectivity index (χ1n) is 9.32. The highest BCUT2D eigenvalue weighted by atomic mass is 16.2. The van der Waals surface area contributed by atoms with E-state index in [1.807, 2.05) is 30.0 Å². The van der Waals surface area contributed by atoms with Crippen molar-refractivity contribution in [1.29, 1.82) is 5.26 Å². The Bertz CT molecular complexity index is 870. The van der Waals surface area contributed by atoms with Crippen molar-refractivity contribution in [3.05, 3.63) is 59.8 Å². The van der Waals surface area contributed by atoms with Crippen LogP contribution in [0.25, 0.3) is 0 Å². The molecular formula is C21H23N5O2. The molecule has 7 nitrogen and oxygen atoms in total. The third-order valence-electron chi connectivity index (χ3n) is 4.73. The molecule has 2 heterocycles. The molecule has 1 fully saturated rings. The first-order chi connectivity index (χ1) is 13.6. The van der Waals surface area contributed by atoms with Crippen LogP contribution in [0, 0.1) is 11.3 Å². The topological polar surface area (TPSA) is 89.3 Å². The van der Waals surface area contributed by atoms with E-state index < -0.39 is 0 Å². The van der Waals surface area contributed by atoms with E-state index in [1.165, 1.54) is 0 Å². The lowest BCUT2D eigenvalue weighted by Crippen LogP contribution is -2.50. The zero-order valence-electron chi connectivity index (χ0n) is 15.8. The Hall–Kier alpha value is -3.40. The number of aromatic nitrogens is 1. The smallest absolute Gasteiger partial charge is 0.251 e. The summed E-state index contributed by atoms with van der Waals surface area (Å²) in [4.78, 5) is 32.9. The van der Waals surface area contributed by atoms with Gasteiger partial charge in [0, 0.05) is 50.4 Å². The normalized spacial score (nSPS) is 14.9. The fourth-order valence-corrected chi connectivity index (χ4v) is 3.24. The van der Waals surface area contributed by atoms with Crippen molar-refractivity contribution in [3.63, 3.8) is 0 Å². The maximum atomic E-state index is 12.6. The average molecular weight is 377 g/mol. The molecule has 0 spiro atoms. The maximum Gasteiger partial charge on any atom is 0.251 e. The summed E-state index contributed by atoms with van der Waals surface area (Å²) < 4.78 is 0. The van der Waals surface area contributed by atoms with Crippen LogP contribution in [0.15, 0.2) is 48.7 Å². The number of amides is 2. The van der Waals surface area contributed by atoms with Crippen LogP contribution in [0.1, 0.15) is 29.3 Å². The zero-order valence-corrected chi connectivity index (χ0v) is 15.8. The molecule has 7 heteroatoms. The molecular weight excluding hydrogens is 354 g/mol. The first-order valence-corrected chi connectivity index (χ1v) is 9.32. The molecule has 0 saturated carbocycles. The van der Waals surface area contributed by atoms with Crippen LogP contribution in [0.5, 0.6) is 0 Å². The molecule has 0 aliphatic carbocycles. The van der Waals surface area contributed by atoms with E-state index in [0.29, 0.717) is 43.1 Å². The van der Waals surface area contributed by atoms with E-state index in [1.54, 1.807) is 35.4 Å². The Morgan fingerprint density at radius 3 is 2.54 bits per heavy atom. The summed E-state index contributed by atoms with van der Waals surface area (Å²) in [5, 5.41) is 12.1. The van der Waals surface area contributed by atoms with Crippen molar-refractivity contribution in [3.8, 4) is 6.07 Å². The van der Waals surface area contributed by atoms with Crippen molar-refractivity contribution in [2.45, 2.75) is 19.4 Å². The van der Waals surface area contributed by atoms with Gasteiger partial charge in [0.1, 0.15) is 11.9 Å². The van der Waals surface area contributed by atoms with Gasteiger partial charge in [-0.3, -0.25) is 9.59 Å². The van der Waals surface area contributed by atoms with Crippen molar-refractivity contribution in [1.82, 2.24) is 15.2 Å². The van der Waals surface area contributed by atoms with Gasteiger partial charge < -0.3 is 15.1 Å². The monoisotopic (exact) mass is 377 g/mol. The summed E-state index contributed by atoms with van der Waals surface area (Å²) in [7, 11) is 0. The Kier molecular flexibility index (Phi) is 6.22. The third kappa shape index (κ3) is 4.65. The fraction of sp³-hybridized carbons (Fsp3) is 0.333. The second-order valence-electron chi connectivity index (χ2n) is 6.80. The second-order valence-corrected chi connectivity index (χ2v) is 6.80. The summed E-state index contributed by atoms with van der Waals surface area (Å²) in [5.41, 5.74) is 1.12. The number of rotatable bonds is 5. The number of nitrogens with zero attached hydrogens (tertiary/aromatic N) is 4. The van der Waals surface area contributed by atoms with Crippen LogP contribution in [0.2, 0.25) is 0 Å². The molecule has 1 aliphatic heterocycles. The Morgan fingerprint density at radius 1 is 1.14 bits per heavy atom. The molecule has 1 aliphatic rings. The van der Waals surface area contributed by atoms with Gasteiger partial charge in [0.05, 0.1) is 5.56 Å². The van der Waals surface area contributed by atoms with Gasteiger partial charge in [-0.2, -0.15) is 5.26 Å². The van der Waals surface area contributed by atoms with E-state index in [0.717, 1.165) is 0 Å². The third-order valence-corrected chi connectivity index (χ3v) is 4.73. The second kappa shape index (κ2) is 9.00. The van der Waals surface area contributed by atoms with Crippen LogP contribution >= 0.6 is 0 Å². The summed E-state index contributed by atoms with van der Waals surface area (Å²) in [6.45, 7) is 4.23. The highest BCUT2D eigenvalue weighted by Crippen LogP contribution is 2.18. The van der Waals surface area contributed by atoms with Crippen molar-refractivity contribution >= 4 is 17.6 Å². The van der Waals surface area contributed by atoms with E-state index in [2.05, 4.69) is 16.4 Å². The standard InChI is InChI=1S/C21H23N5O2/c1-16(24-21(28)17-6-3-2-4-7-17)14-19(27)25-10-12-26(13-11-25)20-18(15-22)8-5-9-23-20/h2-9,16H,10-14H2,1H3,(H,24,28). The van der Waals surface area contributed by atoms with Gasteiger partial charge >= 0.3 is 0 Å². The van der Waals surface area contributed by atoms with Crippen LogP contribution in [0.4, 0.5) is 5.82 Å². The predicted molar refractivity (Wildman–Crippen MR) is 106 cm³/mol. The van der Waals surface area contributed by atoms with Gasteiger partial charge in [-0.05, 0) is 31.2 Å². The summed E-state index contributed by atoms with van der Waals surface area (Å²) in [5.74, 6) is 0.507. The highest BCUT2D eigenvalue weighted by Gasteiger charge is 2.24. The molecule has 1 aromatic heterocycles. The van der Waals surface area contributed by atoms with Crippen molar-refractivity contribution in [2.75, 3.05) is 31.1 Å². The molecule has 144 valence electrons. The Balaban J connectivity index is 1.50. The lowest BCUT2D eigenvalue weighted by molar-refractivity contribution is -0.131. The Labute approximate surface area is 164 Å². The van der Waals surface area contributed by atoms with E-state index in [-0.39, 0.29) is 24.3 Å². The molecule has 2 amide bonds. The number of benzene rings is 1. The molecule has 1 unspecified atom stereocenters. The Morgan fingerprint density at radius 2 is 1.86 bits per heavy atom. The van der Waals surface area contributed by atoms with Crippen LogP contribution < -0.4 is 10.2 Å². The van der Waals surface area contributed by atoms with Crippen LogP contribution in [0.3, 0.4) is 0 Å². The van der Waals surface area contributed by atoms with Gasteiger partial charge in [-0.25, -0.2) is 4.98 Å². The molecule has 1 saturated heterocycles. The summed E-state index contributed by atoms with van der Waals surface area (Å²) in [6.07, 6.45) is 1.93. The molecule has 1 atom stereocenters. The average Bonchev–Trinajstić information content (AvgIpc) is 2.74. The quantitative estimate of drug-likeness (QED) is 0.858. The molecule has 0 bridgehead atoms. The number of hydrogen-bond donors (Lipinski definition) is 1. The molecule has 0 radical (unpaired) electrons. The minimum atomic E-state index is -0.251. The number of nitriles is 1. The van der Waals surface area contributed by atoms with Crippen molar-refractivity contribution in [2.24, 2.45) is 0 Å². The predicted octanol–water partition coefficient (Wildman–Crippen LogP) is 1.81. The lowest BCUT2D eigenvalue weighted by Gasteiger charge is -2.36. The van der Waals surface area contributed by atoms with E-state index in [4.69, 9.17) is 0 Å². The van der Waals surface area contributed by atoms with E-state index >= 15 is 0 Å². The van der Waals surface area contributed by atoms with Gasteiger partial charge in [-0.15, -0.1) is 0 Å². The van der Waals surface area contributed by atoms with Gasteiger partial charge in [0.15, 0.2) is 0 Å². The maximum absolute atomic E-state index is 12.6. The first kappa shape index (κ1) is 19.4. The minimum Gasteiger partial charge on any atom is -0.352 e. The summed E-state index contributed by atoms with van der Waals surface area (Å²) >= 11 is 0. The van der Waals surface area contributed by atoms with Crippen molar-refractivity contribution < 1.29 is 9.59 Å². The molecule has 3 rings (SSSR count). The number of carbonyl (C=O) groups is 2. The number of piperazine rings is 1. The molecule has 1 N–H and O–H groups in total. The number of carbonyl (C=O) groups excluding carboxylic acids is 2. The number of nitrogens with one attached hydrogen (secondary N) is 1. The summed E-state index contributed by atoms with van der Waals surface area (Å²) in [6, 6.07) is 14.4. The minimum absolute atomic E-state index is 0.0158. The molecule has 1 aromatic carbocycles.